The highest BCUT2D eigenvalue weighted by Gasteiger charge is 2.52. The molecular formula is C10H16F3N. The van der Waals surface area contributed by atoms with Gasteiger partial charge in [-0.15, -0.1) is 0 Å². The van der Waals surface area contributed by atoms with Crippen LogP contribution in [0.5, 0.6) is 0 Å². The van der Waals surface area contributed by atoms with Crippen LogP contribution in [0, 0.1) is 5.92 Å². The van der Waals surface area contributed by atoms with Crippen molar-refractivity contribution in [3.63, 3.8) is 0 Å². The zero-order valence-corrected chi connectivity index (χ0v) is 8.35. The molecule has 4 heteroatoms. The van der Waals surface area contributed by atoms with E-state index in [2.05, 4.69) is 0 Å². The van der Waals surface area contributed by atoms with Gasteiger partial charge in [0.25, 0.3) is 0 Å². The van der Waals surface area contributed by atoms with E-state index in [0.29, 0.717) is 25.9 Å². The van der Waals surface area contributed by atoms with Crippen LogP contribution in [0.2, 0.25) is 0 Å². The summed E-state index contributed by atoms with van der Waals surface area (Å²) in [6.07, 6.45) is -1.35. The quantitative estimate of drug-likeness (QED) is 0.672. The maximum absolute atomic E-state index is 13.2. The minimum absolute atomic E-state index is 0.249. The largest absolute Gasteiger partial charge is 0.294 e. The molecule has 2 aliphatic heterocycles. The number of nitrogens with zero attached hydrogens (tertiary/aromatic N) is 1. The highest BCUT2D eigenvalue weighted by atomic mass is 19.3. The molecule has 0 radical (unpaired) electrons. The molecule has 1 unspecified atom stereocenters. The Labute approximate surface area is 82.3 Å². The molecule has 82 valence electrons. The lowest BCUT2D eigenvalue weighted by Gasteiger charge is -2.29. The van der Waals surface area contributed by atoms with Crippen LogP contribution in [-0.4, -0.2) is 36.1 Å². The smallest absolute Gasteiger partial charge is 0.242 e. The van der Waals surface area contributed by atoms with Crippen LogP contribution >= 0.6 is 0 Å². The summed E-state index contributed by atoms with van der Waals surface area (Å²) in [5, 5.41) is 0. The molecule has 1 nitrogen and oxygen atoms in total. The zero-order valence-electron chi connectivity index (χ0n) is 8.35. The predicted octanol–water partition coefficient (Wildman–Crippen LogP) is 2.46. The van der Waals surface area contributed by atoms with Gasteiger partial charge in [-0.2, -0.15) is 0 Å². The number of fused-ring (bicyclic) bond motifs is 1. The minimum Gasteiger partial charge on any atom is -0.294 e. The van der Waals surface area contributed by atoms with Gasteiger partial charge in [0.05, 0.1) is 0 Å². The molecule has 14 heavy (non-hydrogen) atoms. The van der Waals surface area contributed by atoms with Crippen LogP contribution in [0.25, 0.3) is 0 Å². The van der Waals surface area contributed by atoms with Gasteiger partial charge >= 0.3 is 0 Å². The molecule has 2 rings (SSSR count). The van der Waals surface area contributed by atoms with Gasteiger partial charge in [-0.3, -0.25) is 4.90 Å². The van der Waals surface area contributed by atoms with Crippen LogP contribution in [0.3, 0.4) is 0 Å². The highest BCUT2D eigenvalue weighted by Crippen LogP contribution is 2.46. The molecule has 0 N–H and O–H groups in total. The van der Waals surface area contributed by atoms with Gasteiger partial charge in [-0.05, 0) is 19.3 Å². The minimum atomic E-state index is -2.25. The first-order chi connectivity index (χ1) is 6.57. The first-order valence-corrected chi connectivity index (χ1v) is 5.24. The molecule has 0 aromatic carbocycles. The van der Waals surface area contributed by atoms with Crippen LogP contribution in [0.1, 0.15) is 26.2 Å². The molecule has 0 bridgehead atoms. The van der Waals surface area contributed by atoms with Crippen LogP contribution in [0.15, 0.2) is 0 Å². The Bertz CT molecular complexity index is 221. The van der Waals surface area contributed by atoms with E-state index < -0.39 is 18.5 Å². The van der Waals surface area contributed by atoms with E-state index in [1.54, 1.807) is 0 Å². The van der Waals surface area contributed by atoms with Crippen molar-refractivity contribution in [2.24, 2.45) is 5.92 Å². The Morgan fingerprint density at radius 2 is 2.07 bits per heavy atom. The molecule has 0 aliphatic carbocycles. The van der Waals surface area contributed by atoms with Gasteiger partial charge in [0, 0.05) is 24.5 Å². The molecular weight excluding hydrogens is 191 g/mol. The van der Waals surface area contributed by atoms with Crippen molar-refractivity contribution >= 4 is 0 Å². The summed E-state index contributed by atoms with van der Waals surface area (Å²) >= 11 is 0. The second kappa shape index (κ2) is 3.40. The number of hydrogen-bond donors (Lipinski definition) is 0. The molecule has 2 saturated heterocycles. The number of hydrogen-bond acceptors (Lipinski definition) is 1. The average molecular weight is 207 g/mol. The van der Waals surface area contributed by atoms with Gasteiger partial charge in [0.1, 0.15) is 6.17 Å². The monoisotopic (exact) mass is 207 g/mol. The third-order valence-electron chi connectivity index (χ3n) is 3.80. The number of alkyl halides is 3. The van der Waals surface area contributed by atoms with Crippen molar-refractivity contribution in [2.75, 3.05) is 13.1 Å². The van der Waals surface area contributed by atoms with E-state index in [4.69, 9.17) is 0 Å². The average Bonchev–Trinajstić information content (AvgIpc) is 2.57. The molecule has 3 atom stereocenters. The van der Waals surface area contributed by atoms with E-state index in [-0.39, 0.29) is 5.54 Å². The summed E-state index contributed by atoms with van der Waals surface area (Å²) in [7, 11) is 0. The van der Waals surface area contributed by atoms with E-state index in [0.717, 1.165) is 6.42 Å². The lowest BCUT2D eigenvalue weighted by Crippen LogP contribution is -2.37. The van der Waals surface area contributed by atoms with Crippen molar-refractivity contribution in [2.45, 2.75) is 44.3 Å². The molecule has 2 aliphatic rings. The number of rotatable bonds is 2. The molecule has 0 amide bonds. The second-order valence-electron chi connectivity index (χ2n) is 4.58. The Morgan fingerprint density at radius 1 is 1.36 bits per heavy atom. The number of halogens is 3. The SMILES string of the molecule is CC[C@@]12CC(C(F)F)CN1C[C@H](F)C2. The summed E-state index contributed by atoms with van der Waals surface area (Å²) < 4.78 is 38.2. The second-order valence-corrected chi connectivity index (χ2v) is 4.58. The van der Waals surface area contributed by atoms with Crippen molar-refractivity contribution in [3.8, 4) is 0 Å². The molecule has 2 heterocycles. The lowest BCUT2D eigenvalue weighted by molar-refractivity contribution is 0.0780. The fourth-order valence-corrected chi connectivity index (χ4v) is 3.04. The Kier molecular flexibility index (Phi) is 2.50. The topological polar surface area (TPSA) is 3.24 Å². The van der Waals surface area contributed by atoms with Crippen molar-refractivity contribution in [1.82, 2.24) is 4.90 Å². The van der Waals surface area contributed by atoms with Crippen LogP contribution in [-0.2, 0) is 0 Å². The van der Waals surface area contributed by atoms with Gasteiger partial charge in [-0.25, -0.2) is 13.2 Å². The molecule has 0 aromatic heterocycles. The zero-order chi connectivity index (χ0) is 10.3. The third-order valence-corrected chi connectivity index (χ3v) is 3.80. The summed E-state index contributed by atoms with van der Waals surface area (Å²) in [5.74, 6) is -0.539. The molecule has 2 fully saturated rings. The van der Waals surface area contributed by atoms with Crippen molar-refractivity contribution in [1.29, 1.82) is 0 Å². The predicted molar refractivity (Wildman–Crippen MR) is 48.2 cm³/mol. The first-order valence-electron chi connectivity index (χ1n) is 5.24. The van der Waals surface area contributed by atoms with Gasteiger partial charge in [0.2, 0.25) is 6.43 Å². The summed E-state index contributed by atoms with van der Waals surface area (Å²) in [5.41, 5.74) is -0.249. The fourth-order valence-electron chi connectivity index (χ4n) is 3.04. The van der Waals surface area contributed by atoms with E-state index in [9.17, 15) is 13.2 Å². The fraction of sp³-hybridized carbons (Fsp3) is 1.00. The Balaban J connectivity index is 2.10. The Morgan fingerprint density at radius 3 is 2.57 bits per heavy atom. The van der Waals surface area contributed by atoms with Gasteiger partial charge < -0.3 is 0 Å². The maximum Gasteiger partial charge on any atom is 0.242 e. The lowest BCUT2D eigenvalue weighted by atomic mass is 9.87. The van der Waals surface area contributed by atoms with Gasteiger partial charge in [0.15, 0.2) is 0 Å². The van der Waals surface area contributed by atoms with E-state index in [1.807, 2.05) is 11.8 Å². The Hall–Kier alpha value is -0.250. The molecule has 0 spiro atoms. The van der Waals surface area contributed by atoms with Gasteiger partial charge in [-0.1, -0.05) is 6.92 Å². The summed E-state index contributed by atoms with van der Waals surface area (Å²) in [6, 6.07) is 0. The van der Waals surface area contributed by atoms with Crippen molar-refractivity contribution < 1.29 is 13.2 Å². The first kappa shape index (κ1) is 10.3. The van der Waals surface area contributed by atoms with Crippen LogP contribution in [0.4, 0.5) is 13.2 Å². The van der Waals surface area contributed by atoms with E-state index in [1.165, 1.54) is 0 Å². The normalized spacial score (nSPS) is 43.5. The molecule has 0 aromatic rings. The highest BCUT2D eigenvalue weighted by molar-refractivity contribution is 5.05. The van der Waals surface area contributed by atoms with Crippen molar-refractivity contribution in [3.05, 3.63) is 0 Å². The van der Waals surface area contributed by atoms with E-state index >= 15 is 0 Å². The standard InChI is InChI=1S/C10H16F3N/c1-2-10-3-7(9(12)13)5-14(10)6-8(11)4-10/h7-9H,2-6H2,1H3/t7?,8-,10+/m1/s1. The maximum atomic E-state index is 13.2. The van der Waals surface area contributed by atoms with Crippen LogP contribution < -0.4 is 0 Å². The summed E-state index contributed by atoms with van der Waals surface area (Å²) in [6.45, 7) is 2.71. The molecule has 0 saturated carbocycles. The summed E-state index contributed by atoms with van der Waals surface area (Å²) in [4.78, 5) is 1.94. The third kappa shape index (κ3) is 1.44.